The molecule has 0 bridgehead atoms. The molecule has 1 nitrogen and oxygen atoms in total. The van der Waals surface area contributed by atoms with Gasteiger partial charge in [-0.1, -0.05) is 47.5 Å². The largest absolute Gasteiger partial charge is 0.316 e. The molecule has 0 heterocycles. The summed E-state index contributed by atoms with van der Waals surface area (Å²) < 4.78 is 14.0. The van der Waals surface area contributed by atoms with E-state index in [2.05, 4.69) is 37.4 Å². The minimum absolute atomic E-state index is 0.179. The predicted molar refractivity (Wildman–Crippen MR) is 87.6 cm³/mol. The summed E-state index contributed by atoms with van der Waals surface area (Å²) >= 11 is 5.85. The van der Waals surface area contributed by atoms with Crippen molar-refractivity contribution in [3.05, 3.63) is 69.5 Å². The molecule has 0 aromatic heterocycles. The third-order valence-electron chi connectivity index (χ3n) is 3.88. The maximum atomic E-state index is 14.0. The predicted octanol–water partition coefficient (Wildman–Crippen LogP) is 4.47. The van der Waals surface area contributed by atoms with Crippen molar-refractivity contribution < 1.29 is 4.39 Å². The van der Waals surface area contributed by atoms with Crippen LogP contribution < -0.4 is 5.32 Å². The lowest BCUT2D eigenvalue weighted by Gasteiger charge is -2.18. The lowest BCUT2D eigenvalue weighted by atomic mass is 9.95. The van der Waals surface area contributed by atoms with E-state index in [9.17, 15) is 4.39 Å². The van der Waals surface area contributed by atoms with Crippen LogP contribution in [-0.4, -0.2) is 13.1 Å². The monoisotopic (exact) mass is 305 g/mol. The molecule has 0 saturated carbocycles. The highest BCUT2D eigenvalue weighted by atomic mass is 35.5. The maximum absolute atomic E-state index is 14.0. The van der Waals surface area contributed by atoms with Gasteiger partial charge in [0.25, 0.3) is 0 Å². The second-order valence-corrected chi connectivity index (χ2v) is 5.94. The molecule has 0 aliphatic heterocycles. The van der Waals surface area contributed by atoms with Gasteiger partial charge in [-0.25, -0.2) is 4.39 Å². The Hall–Kier alpha value is -1.38. The standard InChI is InChI=1S/C18H21ClFN/c1-12-7-8-13(2)15(9-12)11-16(21-3)10-14-5-4-6-17(19)18(14)20/h4-9,16,21H,10-11H2,1-3H3. The molecule has 1 atom stereocenters. The first-order chi connectivity index (χ1) is 10.0. The molecule has 0 saturated heterocycles. The van der Waals surface area contributed by atoms with E-state index < -0.39 is 0 Å². The lowest BCUT2D eigenvalue weighted by Crippen LogP contribution is -2.30. The van der Waals surface area contributed by atoms with E-state index in [4.69, 9.17) is 11.6 Å². The Balaban J connectivity index is 2.17. The zero-order valence-corrected chi connectivity index (χ0v) is 13.5. The highest BCUT2D eigenvalue weighted by Gasteiger charge is 2.14. The van der Waals surface area contributed by atoms with Gasteiger partial charge in [0.15, 0.2) is 0 Å². The molecule has 3 heteroatoms. The molecule has 0 aliphatic rings. The van der Waals surface area contributed by atoms with E-state index in [0.29, 0.717) is 12.0 Å². The molecule has 1 N–H and O–H groups in total. The van der Waals surface area contributed by atoms with Crippen LogP contribution in [0.5, 0.6) is 0 Å². The first-order valence-electron chi connectivity index (χ1n) is 7.17. The van der Waals surface area contributed by atoms with Crippen molar-refractivity contribution in [3.63, 3.8) is 0 Å². The van der Waals surface area contributed by atoms with Gasteiger partial charge >= 0.3 is 0 Å². The Labute approximate surface area is 131 Å². The summed E-state index contributed by atoms with van der Waals surface area (Å²) in [7, 11) is 1.91. The zero-order valence-electron chi connectivity index (χ0n) is 12.7. The van der Waals surface area contributed by atoms with Crippen molar-refractivity contribution >= 4 is 11.6 Å². The molecular weight excluding hydrogens is 285 g/mol. The Bertz CT molecular complexity index is 621. The van der Waals surface area contributed by atoms with Gasteiger partial charge in [0.1, 0.15) is 5.82 Å². The van der Waals surface area contributed by atoms with E-state index in [1.54, 1.807) is 18.2 Å². The molecule has 0 spiro atoms. The molecule has 1 unspecified atom stereocenters. The average Bonchev–Trinajstić information content (AvgIpc) is 2.46. The minimum Gasteiger partial charge on any atom is -0.316 e. The van der Waals surface area contributed by atoms with E-state index in [1.165, 1.54) is 16.7 Å². The number of hydrogen-bond acceptors (Lipinski definition) is 1. The summed E-state index contributed by atoms with van der Waals surface area (Å²) in [4.78, 5) is 0. The van der Waals surface area contributed by atoms with E-state index in [1.807, 2.05) is 7.05 Å². The van der Waals surface area contributed by atoms with Crippen LogP contribution >= 0.6 is 11.6 Å². The average molecular weight is 306 g/mol. The van der Waals surface area contributed by atoms with Crippen molar-refractivity contribution in [1.29, 1.82) is 0 Å². The zero-order chi connectivity index (χ0) is 15.4. The van der Waals surface area contributed by atoms with Crippen molar-refractivity contribution in [3.8, 4) is 0 Å². The van der Waals surface area contributed by atoms with Gasteiger partial charge < -0.3 is 5.32 Å². The number of likely N-dealkylation sites (N-methyl/N-ethyl adjacent to an activating group) is 1. The fourth-order valence-electron chi connectivity index (χ4n) is 2.53. The van der Waals surface area contributed by atoms with Crippen LogP contribution in [0.4, 0.5) is 4.39 Å². The van der Waals surface area contributed by atoms with Gasteiger partial charge in [0.2, 0.25) is 0 Å². The van der Waals surface area contributed by atoms with Crippen molar-refractivity contribution in [2.75, 3.05) is 7.05 Å². The highest BCUT2D eigenvalue weighted by Crippen LogP contribution is 2.20. The molecule has 0 fully saturated rings. The Morgan fingerprint density at radius 1 is 1.10 bits per heavy atom. The van der Waals surface area contributed by atoms with Crippen LogP contribution in [0, 0.1) is 19.7 Å². The fraction of sp³-hybridized carbons (Fsp3) is 0.333. The quantitative estimate of drug-likeness (QED) is 0.859. The number of nitrogens with one attached hydrogen (secondary N) is 1. The van der Waals surface area contributed by atoms with Gasteiger partial charge in [-0.15, -0.1) is 0 Å². The van der Waals surface area contributed by atoms with Crippen LogP contribution in [0.25, 0.3) is 0 Å². The van der Waals surface area contributed by atoms with E-state index in [0.717, 1.165) is 6.42 Å². The van der Waals surface area contributed by atoms with Gasteiger partial charge in [0, 0.05) is 6.04 Å². The second kappa shape index (κ2) is 7.06. The molecule has 2 rings (SSSR count). The normalized spacial score (nSPS) is 12.4. The molecule has 0 radical (unpaired) electrons. The number of hydrogen-bond donors (Lipinski definition) is 1. The summed E-state index contributed by atoms with van der Waals surface area (Å²) in [5.74, 6) is -0.305. The topological polar surface area (TPSA) is 12.0 Å². The number of rotatable bonds is 5. The van der Waals surface area contributed by atoms with Crippen molar-refractivity contribution in [1.82, 2.24) is 5.32 Å². The van der Waals surface area contributed by atoms with Crippen LogP contribution in [0.2, 0.25) is 5.02 Å². The van der Waals surface area contributed by atoms with Crippen molar-refractivity contribution in [2.24, 2.45) is 0 Å². The molecule has 2 aromatic rings. The summed E-state index contributed by atoms with van der Waals surface area (Å²) in [6.07, 6.45) is 1.49. The van der Waals surface area contributed by atoms with Crippen LogP contribution in [0.3, 0.4) is 0 Å². The Morgan fingerprint density at radius 2 is 1.81 bits per heavy atom. The first kappa shape index (κ1) is 16.0. The number of halogens is 2. The van der Waals surface area contributed by atoms with Crippen LogP contribution in [0.15, 0.2) is 36.4 Å². The summed E-state index contributed by atoms with van der Waals surface area (Å²) in [6, 6.07) is 11.8. The summed E-state index contributed by atoms with van der Waals surface area (Å²) in [5, 5.41) is 3.47. The van der Waals surface area contributed by atoms with Gasteiger partial charge in [0.05, 0.1) is 5.02 Å². The molecule has 0 amide bonds. The van der Waals surface area contributed by atoms with E-state index >= 15 is 0 Å². The fourth-order valence-corrected chi connectivity index (χ4v) is 2.73. The lowest BCUT2D eigenvalue weighted by molar-refractivity contribution is 0.531. The summed E-state index contributed by atoms with van der Waals surface area (Å²) in [6.45, 7) is 4.20. The maximum Gasteiger partial charge on any atom is 0.145 e. The summed E-state index contributed by atoms with van der Waals surface area (Å²) in [5.41, 5.74) is 4.48. The van der Waals surface area contributed by atoms with E-state index in [-0.39, 0.29) is 16.9 Å². The minimum atomic E-state index is -0.305. The molecular formula is C18H21ClFN. The third-order valence-corrected chi connectivity index (χ3v) is 4.17. The Morgan fingerprint density at radius 3 is 2.52 bits per heavy atom. The molecule has 0 aliphatic carbocycles. The molecule has 2 aromatic carbocycles. The van der Waals surface area contributed by atoms with Gasteiger partial charge in [-0.05, 0) is 56.5 Å². The smallest absolute Gasteiger partial charge is 0.145 e. The number of benzene rings is 2. The van der Waals surface area contributed by atoms with Crippen LogP contribution in [-0.2, 0) is 12.8 Å². The van der Waals surface area contributed by atoms with Gasteiger partial charge in [-0.3, -0.25) is 0 Å². The Kier molecular flexibility index (Phi) is 5.38. The highest BCUT2D eigenvalue weighted by molar-refractivity contribution is 6.30. The SMILES string of the molecule is CNC(Cc1cc(C)ccc1C)Cc1cccc(Cl)c1F. The number of aryl methyl sites for hydroxylation is 2. The molecule has 112 valence electrons. The third kappa shape index (κ3) is 4.05. The van der Waals surface area contributed by atoms with Crippen LogP contribution in [0.1, 0.15) is 22.3 Å². The van der Waals surface area contributed by atoms with Crippen molar-refractivity contribution in [2.45, 2.75) is 32.7 Å². The van der Waals surface area contributed by atoms with Gasteiger partial charge in [-0.2, -0.15) is 0 Å². The first-order valence-corrected chi connectivity index (χ1v) is 7.55. The molecule has 21 heavy (non-hydrogen) atoms. The second-order valence-electron chi connectivity index (χ2n) is 5.54.